The molecular weight excluding hydrogens is 455 g/mol. The molecule has 0 saturated carbocycles. The Hall–Kier alpha value is -0.950. The Balaban J connectivity index is 0.00000140. The van der Waals surface area contributed by atoms with Crippen molar-refractivity contribution in [3.05, 3.63) is 23.9 Å². The van der Waals surface area contributed by atoms with Gasteiger partial charge >= 0.3 is 0 Å². The van der Waals surface area contributed by atoms with E-state index in [1.807, 2.05) is 22.7 Å². The van der Waals surface area contributed by atoms with Crippen LogP contribution < -0.4 is 10.2 Å². The average Bonchev–Trinajstić information content (AvgIpc) is 3.40. The number of thioether (sulfide) groups is 1. The third-order valence-electron chi connectivity index (χ3n) is 5.51. The minimum Gasteiger partial charge on any atom is -0.353 e. The van der Waals surface area contributed by atoms with Crippen molar-refractivity contribution in [1.29, 1.82) is 5.26 Å². The predicted octanol–water partition coefficient (Wildman–Crippen LogP) is 1.60. The summed E-state index contributed by atoms with van der Waals surface area (Å²) in [6.45, 7) is 5.37. The number of nitrogens with one attached hydrogen (secondary N) is 1. The van der Waals surface area contributed by atoms with Gasteiger partial charge in [0.25, 0.3) is 0 Å². The number of nitriles is 1. The van der Waals surface area contributed by atoms with Crippen LogP contribution in [0.25, 0.3) is 0 Å². The van der Waals surface area contributed by atoms with Crippen molar-refractivity contribution in [2.75, 3.05) is 55.8 Å². The number of rotatable bonds is 3. The number of aromatic nitrogens is 1. The summed E-state index contributed by atoms with van der Waals surface area (Å²) in [7, 11) is 0. The van der Waals surface area contributed by atoms with Gasteiger partial charge < -0.3 is 15.1 Å². The molecule has 4 rings (SSSR count). The van der Waals surface area contributed by atoms with Crippen LogP contribution in [0.15, 0.2) is 18.3 Å². The van der Waals surface area contributed by atoms with Crippen LogP contribution in [0, 0.1) is 11.3 Å². The summed E-state index contributed by atoms with van der Waals surface area (Å²) in [5.41, 5.74) is 0.637. The number of halogens is 3. The smallest absolute Gasteiger partial charge is 0.240 e. The first kappa shape index (κ1) is 26.1. The molecule has 0 spiro atoms. The Bertz CT molecular complexity index is 707. The number of hydrogen-bond acceptors (Lipinski definition) is 7. The fourth-order valence-corrected chi connectivity index (χ4v) is 4.98. The highest BCUT2D eigenvalue weighted by molar-refractivity contribution is 7.99. The minimum atomic E-state index is -0.0299. The fraction of sp³-hybridized carbons (Fsp3) is 0.611. The molecule has 162 valence electrons. The van der Waals surface area contributed by atoms with Crippen molar-refractivity contribution in [3.8, 4) is 6.07 Å². The van der Waals surface area contributed by atoms with E-state index in [9.17, 15) is 10.1 Å². The van der Waals surface area contributed by atoms with Gasteiger partial charge in [0.2, 0.25) is 5.91 Å². The van der Waals surface area contributed by atoms with Crippen LogP contribution in [0.5, 0.6) is 0 Å². The summed E-state index contributed by atoms with van der Waals surface area (Å²) in [6.07, 6.45) is 2.64. The maximum atomic E-state index is 12.6. The lowest BCUT2D eigenvalue weighted by Gasteiger charge is -2.38. The molecule has 3 saturated heterocycles. The Morgan fingerprint density at radius 2 is 1.97 bits per heavy atom. The van der Waals surface area contributed by atoms with Crippen LogP contribution in [-0.4, -0.2) is 83.7 Å². The molecule has 0 radical (unpaired) electrons. The molecular formula is C18H27Cl3N6OS. The molecule has 0 aromatic carbocycles. The Morgan fingerprint density at radius 3 is 2.62 bits per heavy atom. The molecule has 0 aliphatic carbocycles. The molecule has 3 fully saturated rings. The second-order valence-electron chi connectivity index (χ2n) is 7.00. The van der Waals surface area contributed by atoms with Crippen molar-refractivity contribution < 1.29 is 4.79 Å². The van der Waals surface area contributed by atoms with Gasteiger partial charge in [-0.2, -0.15) is 5.26 Å². The van der Waals surface area contributed by atoms with Crippen LogP contribution in [0.1, 0.15) is 12.0 Å². The molecule has 1 aromatic rings. The van der Waals surface area contributed by atoms with Crippen LogP contribution >= 0.6 is 49.0 Å². The van der Waals surface area contributed by atoms with E-state index in [0.29, 0.717) is 11.6 Å². The van der Waals surface area contributed by atoms with Crippen molar-refractivity contribution >= 4 is 60.7 Å². The van der Waals surface area contributed by atoms with Crippen molar-refractivity contribution in [3.63, 3.8) is 0 Å². The zero-order chi connectivity index (χ0) is 17.9. The zero-order valence-electron chi connectivity index (χ0n) is 16.0. The number of hydrogen-bond donors (Lipinski definition) is 1. The molecule has 0 unspecified atom stereocenters. The summed E-state index contributed by atoms with van der Waals surface area (Å²) in [4.78, 5) is 23.6. The van der Waals surface area contributed by atoms with Gasteiger partial charge in [-0.25, -0.2) is 4.98 Å². The van der Waals surface area contributed by atoms with E-state index >= 15 is 0 Å². The monoisotopic (exact) mass is 480 g/mol. The van der Waals surface area contributed by atoms with E-state index in [1.165, 1.54) is 0 Å². The number of amides is 1. The largest absolute Gasteiger partial charge is 0.353 e. The molecule has 4 heterocycles. The van der Waals surface area contributed by atoms with E-state index in [0.717, 1.165) is 63.1 Å². The van der Waals surface area contributed by atoms with Gasteiger partial charge in [-0.05, 0) is 18.6 Å². The third kappa shape index (κ3) is 5.81. The van der Waals surface area contributed by atoms with Gasteiger partial charge in [-0.15, -0.1) is 49.0 Å². The number of carbonyl (C=O) groups excluding carboxylic acids is 1. The SMILES string of the molecule is Cl.Cl.Cl.N#Cc1cccnc1N1CCN([C@@H]2CN[C@H](C(=O)N3CCSC3)C2)CC1. The lowest BCUT2D eigenvalue weighted by Crippen LogP contribution is -2.51. The van der Waals surface area contributed by atoms with Gasteiger partial charge in [-0.1, -0.05) is 0 Å². The normalized spacial score (nSPS) is 24.1. The third-order valence-corrected chi connectivity index (χ3v) is 6.47. The van der Waals surface area contributed by atoms with Crippen LogP contribution in [0.2, 0.25) is 0 Å². The van der Waals surface area contributed by atoms with Gasteiger partial charge in [0.05, 0.1) is 17.5 Å². The lowest BCUT2D eigenvalue weighted by molar-refractivity contribution is -0.131. The molecule has 2 atom stereocenters. The highest BCUT2D eigenvalue weighted by Crippen LogP contribution is 2.23. The number of pyridine rings is 1. The molecule has 3 aliphatic rings. The summed E-state index contributed by atoms with van der Waals surface area (Å²) in [5, 5.41) is 12.7. The quantitative estimate of drug-likeness (QED) is 0.703. The molecule has 0 bridgehead atoms. The van der Waals surface area contributed by atoms with E-state index in [4.69, 9.17) is 0 Å². The standard InChI is InChI=1S/C18H24N6OS.3ClH/c19-11-14-2-1-3-20-17(14)23-6-4-22(5-7-23)15-10-16(21-12-15)18(25)24-8-9-26-13-24;;;/h1-3,15-16,21H,4-10,12-13H2;3*1H/t15-,16-;;;/m0.../s1. The van der Waals surface area contributed by atoms with Crippen LogP contribution in [0.3, 0.4) is 0 Å². The fourth-order valence-electron chi connectivity index (χ4n) is 4.03. The summed E-state index contributed by atoms with van der Waals surface area (Å²) < 4.78 is 0. The van der Waals surface area contributed by atoms with Gasteiger partial charge in [0.15, 0.2) is 0 Å². The van der Waals surface area contributed by atoms with Crippen molar-refractivity contribution in [2.45, 2.75) is 18.5 Å². The van der Waals surface area contributed by atoms with E-state index in [1.54, 1.807) is 12.3 Å². The topological polar surface area (TPSA) is 75.5 Å². The van der Waals surface area contributed by atoms with Gasteiger partial charge in [0, 0.05) is 57.3 Å². The first-order chi connectivity index (χ1) is 12.8. The van der Waals surface area contributed by atoms with E-state index in [2.05, 4.69) is 26.2 Å². The van der Waals surface area contributed by atoms with E-state index in [-0.39, 0.29) is 49.2 Å². The van der Waals surface area contributed by atoms with Gasteiger partial charge in [0.1, 0.15) is 11.9 Å². The van der Waals surface area contributed by atoms with Crippen LogP contribution in [-0.2, 0) is 4.79 Å². The number of piperazine rings is 1. The number of nitrogens with zero attached hydrogens (tertiary/aromatic N) is 5. The van der Waals surface area contributed by atoms with Crippen molar-refractivity contribution in [1.82, 2.24) is 20.1 Å². The molecule has 7 nitrogen and oxygen atoms in total. The molecule has 1 amide bonds. The number of carbonyl (C=O) groups is 1. The highest BCUT2D eigenvalue weighted by atomic mass is 35.5. The zero-order valence-corrected chi connectivity index (χ0v) is 19.3. The van der Waals surface area contributed by atoms with E-state index < -0.39 is 0 Å². The number of anilines is 1. The molecule has 1 N–H and O–H groups in total. The second-order valence-corrected chi connectivity index (χ2v) is 8.07. The summed E-state index contributed by atoms with van der Waals surface area (Å²) in [5.74, 6) is 2.95. The molecule has 11 heteroatoms. The molecule has 1 aromatic heterocycles. The first-order valence-electron chi connectivity index (χ1n) is 9.20. The molecule has 3 aliphatic heterocycles. The Kier molecular flexibility index (Phi) is 10.8. The van der Waals surface area contributed by atoms with Crippen LogP contribution in [0.4, 0.5) is 5.82 Å². The maximum Gasteiger partial charge on any atom is 0.240 e. The molecule has 29 heavy (non-hydrogen) atoms. The van der Waals surface area contributed by atoms with Crippen molar-refractivity contribution in [2.24, 2.45) is 0 Å². The summed E-state index contributed by atoms with van der Waals surface area (Å²) >= 11 is 1.83. The van der Waals surface area contributed by atoms with Gasteiger partial charge in [-0.3, -0.25) is 9.69 Å². The Morgan fingerprint density at radius 1 is 1.21 bits per heavy atom. The second kappa shape index (κ2) is 12.0. The minimum absolute atomic E-state index is 0. The first-order valence-corrected chi connectivity index (χ1v) is 10.4. The maximum absolute atomic E-state index is 12.6. The predicted molar refractivity (Wildman–Crippen MR) is 124 cm³/mol. The lowest BCUT2D eigenvalue weighted by atomic mass is 10.1. The summed E-state index contributed by atoms with van der Waals surface area (Å²) in [6, 6.07) is 6.25. The highest BCUT2D eigenvalue weighted by Gasteiger charge is 2.36. The Labute approximate surface area is 194 Å². The average molecular weight is 482 g/mol.